The molecule has 1 amide bonds. The molecule has 0 aliphatic heterocycles. The van der Waals surface area contributed by atoms with Gasteiger partial charge in [-0.05, 0) is 55.4 Å². The van der Waals surface area contributed by atoms with Gasteiger partial charge in [-0.1, -0.05) is 12.1 Å². The monoisotopic (exact) mass is 465 g/mol. The molecule has 32 heavy (non-hydrogen) atoms. The summed E-state index contributed by atoms with van der Waals surface area (Å²) < 4.78 is 40.4. The number of hydrogen-bond donors (Lipinski definition) is 2. The zero-order valence-corrected chi connectivity index (χ0v) is 18.0. The predicted molar refractivity (Wildman–Crippen MR) is 115 cm³/mol. The van der Waals surface area contributed by atoms with E-state index in [9.17, 15) is 22.8 Å². The molecule has 4 rings (SSSR count). The molecule has 0 unspecified atom stereocenters. The van der Waals surface area contributed by atoms with Crippen molar-refractivity contribution < 1.29 is 22.7 Å². The molecular formula is C22H22F3N3O3S. The Bertz CT molecular complexity index is 1170. The Kier molecular flexibility index (Phi) is 6.50. The van der Waals surface area contributed by atoms with Gasteiger partial charge in [-0.2, -0.15) is 0 Å². The fraction of sp³-hybridized carbons (Fsp3) is 0.409. The number of amides is 1. The summed E-state index contributed by atoms with van der Waals surface area (Å²) in [7, 11) is 0. The number of halogens is 3. The maximum Gasteiger partial charge on any atom is 0.573 e. The first-order valence-electron chi connectivity index (χ1n) is 10.4. The molecule has 0 fully saturated rings. The number of aryl methyl sites for hydroxylation is 3. The second-order valence-corrected chi connectivity index (χ2v) is 8.78. The molecule has 170 valence electrons. The molecule has 0 saturated heterocycles. The van der Waals surface area contributed by atoms with Crippen LogP contribution in [-0.4, -0.2) is 28.8 Å². The molecular weight excluding hydrogens is 443 g/mol. The van der Waals surface area contributed by atoms with E-state index in [2.05, 4.69) is 20.0 Å². The van der Waals surface area contributed by atoms with Crippen LogP contribution in [0.3, 0.4) is 0 Å². The second kappa shape index (κ2) is 9.32. The van der Waals surface area contributed by atoms with Gasteiger partial charge >= 0.3 is 6.36 Å². The number of nitrogens with zero attached hydrogens (tertiary/aromatic N) is 1. The van der Waals surface area contributed by atoms with Crippen LogP contribution in [0.15, 0.2) is 29.1 Å². The molecule has 1 aliphatic rings. The van der Waals surface area contributed by atoms with Crippen molar-refractivity contribution in [2.24, 2.45) is 0 Å². The van der Waals surface area contributed by atoms with E-state index in [0.29, 0.717) is 30.6 Å². The number of hydrogen-bond acceptors (Lipinski definition) is 5. The molecule has 1 aromatic carbocycles. The van der Waals surface area contributed by atoms with Crippen molar-refractivity contribution in [3.8, 4) is 5.75 Å². The first-order valence-corrected chi connectivity index (χ1v) is 11.2. The van der Waals surface area contributed by atoms with Crippen molar-refractivity contribution >= 4 is 27.5 Å². The lowest BCUT2D eigenvalue weighted by Gasteiger charge is -2.10. The molecule has 0 atom stereocenters. The van der Waals surface area contributed by atoms with Crippen LogP contribution < -0.4 is 15.6 Å². The smallest absolute Gasteiger partial charge is 0.406 e. The van der Waals surface area contributed by atoms with Gasteiger partial charge in [0.15, 0.2) is 0 Å². The Labute approximate surface area is 185 Å². The van der Waals surface area contributed by atoms with Crippen molar-refractivity contribution in [3.63, 3.8) is 0 Å². The van der Waals surface area contributed by atoms with Gasteiger partial charge in [-0.15, -0.1) is 24.5 Å². The van der Waals surface area contributed by atoms with Crippen LogP contribution in [0.1, 0.15) is 41.1 Å². The molecule has 0 saturated carbocycles. The SMILES string of the molecule is O=C(CCc1nc2sc3c(c2c(=O)[nH]1)CCCC3)NCCc1ccc(OC(F)(F)F)cc1. The second-order valence-electron chi connectivity index (χ2n) is 7.70. The Balaban J connectivity index is 1.27. The van der Waals surface area contributed by atoms with Crippen molar-refractivity contribution in [2.75, 3.05) is 6.54 Å². The summed E-state index contributed by atoms with van der Waals surface area (Å²) in [6.07, 6.45) is 0.385. The van der Waals surface area contributed by atoms with E-state index in [0.717, 1.165) is 41.6 Å². The Morgan fingerprint density at radius 3 is 2.66 bits per heavy atom. The van der Waals surface area contributed by atoms with Crippen LogP contribution in [0.25, 0.3) is 10.2 Å². The van der Waals surface area contributed by atoms with Gasteiger partial charge in [0.05, 0.1) is 5.39 Å². The number of carbonyl (C=O) groups is 1. The zero-order valence-electron chi connectivity index (χ0n) is 17.2. The van der Waals surface area contributed by atoms with Crippen LogP contribution in [-0.2, 0) is 30.5 Å². The quantitative estimate of drug-likeness (QED) is 0.551. The molecule has 6 nitrogen and oxygen atoms in total. The Hall–Kier alpha value is -2.88. The number of fused-ring (bicyclic) bond motifs is 3. The third-order valence-corrected chi connectivity index (χ3v) is 6.54. The molecule has 3 aromatic rings. The molecule has 0 radical (unpaired) electrons. The average molecular weight is 465 g/mol. The topological polar surface area (TPSA) is 84.1 Å². The minimum atomic E-state index is -4.72. The summed E-state index contributed by atoms with van der Waals surface area (Å²) >= 11 is 1.57. The highest BCUT2D eigenvalue weighted by molar-refractivity contribution is 7.18. The van der Waals surface area contributed by atoms with Crippen LogP contribution >= 0.6 is 11.3 Å². The standard InChI is InChI=1S/C22H22F3N3O3S/c23-22(24,25)31-14-7-5-13(6-8-14)11-12-26-18(29)10-9-17-27-20(30)19-15-3-1-2-4-16(15)32-21(19)28-17/h5-8H,1-4,9-12H2,(H,26,29)(H,27,28,30). The van der Waals surface area contributed by atoms with Gasteiger partial charge in [0.1, 0.15) is 16.4 Å². The third kappa shape index (κ3) is 5.48. The molecule has 2 aromatic heterocycles. The molecule has 10 heteroatoms. The minimum Gasteiger partial charge on any atom is -0.406 e. The maximum absolute atomic E-state index is 12.5. The highest BCUT2D eigenvalue weighted by Gasteiger charge is 2.30. The number of H-pyrrole nitrogens is 1. The lowest BCUT2D eigenvalue weighted by atomic mass is 9.97. The summed E-state index contributed by atoms with van der Waals surface area (Å²) in [5.41, 5.74) is 1.77. The maximum atomic E-state index is 12.5. The Morgan fingerprint density at radius 1 is 1.16 bits per heavy atom. The van der Waals surface area contributed by atoms with Crippen LogP contribution in [0.2, 0.25) is 0 Å². The minimum absolute atomic E-state index is 0.136. The van der Waals surface area contributed by atoms with Crippen LogP contribution in [0, 0.1) is 0 Å². The largest absolute Gasteiger partial charge is 0.573 e. The Morgan fingerprint density at radius 2 is 1.91 bits per heavy atom. The van der Waals surface area contributed by atoms with Crippen molar-refractivity contribution in [3.05, 3.63) is 56.4 Å². The number of nitrogens with one attached hydrogen (secondary N) is 2. The van der Waals surface area contributed by atoms with E-state index in [1.165, 1.54) is 29.1 Å². The van der Waals surface area contributed by atoms with E-state index in [1.54, 1.807) is 11.3 Å². The number of rotatable bonds is 7. The van der Waals surface area contributed by atoms with Crippen LogP contribution in [0.5, 0.6) is 5.75 Å². The van der Waals surface area contributed by atoms with E-state index in [-0.39, 0.29) is 23.6 Å². The van der Waals surface area contributed by atoms with E-state index >= 15 is 0 Å². The highest BCUT2D eigenvalue weighted by atomic mass is 32.1. The van der Waals surface area contributed by atoms with Crippen molar-refractivity contribution in [2.45, 2.75) is 51.3 Å². The van der Waals surface area contributed by atoms with Gasteiger partial charge in [0.2, 0.25) is 5.91 Å². The molecule has 0 bridgehead atoms. The molecule has 2 N–H and O–H groups in total. The first-order chi connectivity index (χ1) is 15.3. The van der Waals surface area contributed by atoms with E-state index in [1.807, 2.05) is 0 Å². The van der Waals surface area contributed by atoms with Crippen molar-refractivity contribution in [1.82, 2.24) is 15.3 Å². The number of alkyl halides is 3. The van der Waals surface area contributed by atoms with Gasteiger partial charge in [-0.3, -0.25) is 9.59 Å². The average Bonchev–Trinajstić information content (AvgIpc) is 3.11. The van der Waals surface area contributed by atoms with Gasteiger partial charge < -0.3 is 15.0 Å². The third-order valence-electron chi connectivity index (χ3n) is 5.36. The normalized spacial score (nSPS) is 13.7. The fourth-order valence-corrected chi connectivity index (χ4v) is 5.13. The summed E-state index contributed by atoms with van der Waals surface area (Å²) in [6.45, 7) is 0.346. The number of ether oxygens (including phenoxy) is 1. The number of benzene rings is 1. The van der Waals surface area contributed by atoms with Crippen molar-refractivity contribution in [1.29, 1.82) is 0 Å². The predicted octanol–water partition coefficient (Wildman–Crippen LogP) is 4.05. The molecule has 0 spiro atoms. The lowest BCUT2D eigenvalue weighted by Crippen LogP contribution is -2.26. The van der Waals surface area contributed by atoms with Gasteiger partial charge in [0.25, 0.3) is 5.56 Å². The first kappa shape index (κ1) is 22.3. The van der Waals surface area contributed by atoms with Crippen LogP contribution in [0.4, 0.5) is 13.2 Å². The summed E-state index contributed by atoms with van der Waals surface area (Å²) in [4.78, 5) is 34.1. The zero-order chi connectivity index (χ0) is 22.7. The number of carbonyl (C=O) groups excluding carboxylic acids is 1. The van der Waals surface area contributed by atoms with E-state index in [4.69, 9.17) is 0 Å². The fourth-order valence-electron chi connectivity index (χ4n) is 3.85. The summed E-state index contributed by atoms with van der Waals surface area (Å²) in [5, 5.41) is 3.48. The summed E-state index contributed by atoms with van der Waals surface area (Å²) in [6, 6.07) is 5.53. The van der Waals surface area contributed by atoms with E-state index < -0.39 is 6.36 Å². The van der Waals surface area contributed by atoms with Gasteiger partial charge in [0, 0.05) is 24.3 Å². The number of aromatic amines is 1. The molecule has 2 heterocycles. The number of aromatic nitrogens is 2. The number of thiophene rings is 1. The highest BCUT2D eigenvalue weighted by Crippen LogP contribution is 2.33. The molecule has 1 aliphatic carbocycles. The lowest BCUT2D eigenvalue weighted by molar-refractivity contribution is -0.274. The van der Waals surface area contributed by atoms with Gasteiger partial charge in [-0.25, -0.2) is 4.98 Å². The summed E-state index contributed by atoms with van der Waals surface area (Å²) in [5.74, 6) is 0.0297.